The Kier molecular flexibility index (Phi) is 4.20. The van der Waals surface area contributed by atoms with E-state index < -0.39 is 17.4 Å². The zero-order valence-corrected chi connectivity index (χ0v) is 18.3. The maximum absolute atomic E-state index is 13.5. The molecule has 7 heteroatoms. The second-order valence-corrected chi connectivity index (χ2v) is 11.2. The van der Waals surface area contributed by atoms with Crippen molar-refractivity contribution >= 4 is 29.2 Å². The van der Waals surface area contributed by atoms with E-state index in [0.29, 0.717) is 17.8 Å². The molecule has 4 amide bonds. The molecule has 6 nitrogen and oxygen atoms in total. The molecule has 6 aliphatic rings. The third-order valence-corrected chi connectivity index (χ3v) is 9.45. The number of thiophene rings is 1. The third-order valence-electron chi connectivity index (χ3n) is 8.45. The average Bonchev–Trinajstić information content (AvgIpc) is 3.26. The van der Waals surface area contributed by atoms with E-state index >= 15 is 0 Å². The molecular weight excluding hydrogens is 398 g/mol. The van der Waals surface area contributed by atoms with Crippen molar-refractivity contribution in [3.63, 3.8) is 0 Å². The fourth-order valence-electron chi connectivity index (χ4n) is 7.66. The fraction of sp³-hybridized carbons (Fsp3) is 0.696. The van der Waals surface area contributed by atoms with E-state index in [0.717, 1.165) is 38.6 Å². The Hall–Kier alpha value is -1.73. The second-order valence-electron chi connectivity index (χ2n) is 10.2. The highest BCUT2D eigenvalue weighted by atomic mass is 32.1. The molecule has 4 aliphatic carbocycles. The van der Waals surface area contributed by atoms with Gasteiger partial charge in [-0.15, -0.1) is 11.3 Å². The molecule has 5 fully saturated rings. The maximum atomic E-state index is 13.5. The first-order valence-corrected chi connectivity index (χ1v) is 12.4. The van der Waals surface area contributed by atoms with Gasteiger partial charge in [0.2, 0.25) is 0 Å². The lowest BCUT2D eigenvalue weighted by Gasteiger charge is -2.58. The van der Waals surface area contributed by atoms with Crippen LogP contribution in [0.4, 0.5) is 4.79 Å². The molecule has 1 aromatic heterocycles. The predicted molar refractivity (Wildman–Crippen MR) is 113 cm³/mol. The Morgan fingerprint density at radius 3 is 2.33 bits per heavy atom. The van der Waals surface area contributed by atoms with Gasteiger partial charge >= 0.3 is 17.8 Å². The summed E-state index contributed by atoms with van der Waals surface area (Å²) < 4.78 is 0. The van der Waals surface area contributed by atoms with E-state index in [-0.39, 0.29) is 18.7 Å². The number of amides is 4. The predicted octanol–water partition coefficient (Wildman–Crippen LogP) is 3.77. The van der Waals surface area contributed by atoms with E-state index in [1.165, 1.54) is 39.5 Å². The lowest BCUT2D eigenvalue weighted by molar-refractivity contribution is -0.150. The smallest absolute Gasteiger partial charge is 0.278 e. The van der Waals surface area contributed by atoms with Gasteiger partial charge in [0.15, 0.2) is 0 Å². The van der Waals surface area contributed by atoms with Crippen LogP contribution < -0.4 is 0 Å². The minimum atomic E-state index is -0.623. The first-order valence-electron chi connectivity index (χ1n) is 11.5. The van der Waals surface area contributed by atoms with Gasteiger partial charge in [0.1, 0.15) is 0 Å². The standard InChI is InChI=1S/C23H29N3O3S/c1-2-18-17-4-6-30-19(17)3-5-24(18)13-25-20(27)21(28)26(22(25)29)23-10-14-7-15(11-23)9-16(8-14)12-23/h4,6,14-16,18H,2-3,5,7-13H2,1H3/t14?,15?,16?,18-,23?/m0/s1. The molecule has 30 heavy (non-hydrogen) atoms. The van der Waals surface area contributed by atoms with Crippen LogP contribution in [0.2, 0.25) is 0 Å². The van der Waals surface area contributed by atoms with Crippen molar-refractivity contribution in [2.45, 2.75) is 69.9 Å². The number of hydrogen-bond acceptors (Lipinski definition) is 5. The van der Waals surface area contributed by atoms with Crippen LogP contribution in [0.3, 0.4) is 0 Å². The molecule has 7 rings (SSSR count). The molecule has 0 radical (unpaired) electrons. The van der Waals surface area contributed by atoms with Gasteiger partial charge in [-0.05, 0) is 86.1 Å². The van der Waals surface area contributed by atoms with Crippen molar-refractivity contribution in [1.29, 1.82) is 0 Å². The molecule has 0 aromatic carbocycles. The van der Waals surface area contributed by atoms with Crippen LogP contribution in [0.25, 0.3) is 0 Å². The molecule has 2 aliphatic heterocycles. The SMILES string of the molecule is CC[C@H]1c2ccsc2CCN1CN1C(=O)C(=O)N(C23CC4CC(CC(C4)C2)C3)C1=O. The molecule has 0 N–H and O–H groups in total. The van der Waals surface area contributed by atoms with Gasteiger partial charge in [0.25, 0.3) is 0 Å². The molecule has 1 atom stereocenters. The van der Waals surface area contributed by atoms with E-state index in [9.17, 15) is 14.4 Å². The summed E-state index contributed by atoms with van der Waals surface area (Å²) in [6.07, 6.45) is 8.27. The molecule has 0 spiro atoms. The monoisotopic (exact) mass is 427 g/mol. The minimum absolute atomic E-state index is 0.198. The molecular formula is C23H29N3O3S. The number of hydrogen-bond donors (Lipinski definition) is 0. The van der Waals surface area contributed by atoms with Gasteiger partial charge in [0, 0.05) is 17.5 Å². The van der Waals surface area contributed by atoms with E-state index in [1.807, 2.05) is 0 Å². The van der Waals surface area contributed by atoms with Crippen LogP contribution in [0.5, 0.6) is 0 Å². The Morgan fingerprint density at radius 1 is 1.03 bits per heavy atom. The van der Waals surface area contributed by atoms with Crippen molar-refractivity contribution in [3.8, 4) is 0 Å². The number of nitrogens with zero attached hydrogens (tertiary/aromatic N) is 3. The average molecular weight is 428 g/mol. The zero-order chi connectivity index (χ0) is 20.6. The number of urea groups is 1. The van der Waals surface area contributed by atoms with Gasteiger partial charge < -0.3 is 0 Å². The second kappa shape index (κ2) is 6.63. The lowest BCUT2D eigenvalue weighted by atomic mass is 9.52. The lowest BCUT2D eigenvalue weighted by Crippen LogP contribution is -2.62. The van der Waals surface area contributed by atoms with Crippen molar-refractivity contribution < 1.29 is 14.4 Å². The van der Waals surface area contributed by atoms with Crippen LogP contribution in [-0.2, 0) is 16.0 Å². The van der Waals surface area contributed by atoms with Crippen molar-refractivity contribution in [3.05, 3.63) is 21.9 Å². The maximum Gasteiger partial charge on any atom is 0.335 e. The third kappa shape index (κ3) is 2.60. The largest absolute Gasteiger partial charge is 0.335 e. The molecule has 1 saturated heterocycles. The molecule has 0 unspecified atom stereocenters. The van der Waals surface area contributed by atoms with Crippen molar-refractivity contribution in [1.82, 2.24) is 14.7 Å². The first kappa shape index (κ1) is 19.0. The molecule has 4 saturated carbocycles. The zero-order valence-electron chi connectivity index (χ0n) is 17.5. The molecule has 1 aromatic rings. The number of fused-ring (bicyclic) bond motifs is 1. The van der Waals surface area contributed by atoms with Gasteiger partial charge in [-0.2, -0.15) is 0 Å². The van der Waals surface area contributed by atoms with E-state index in [4.69, 9.17) is 0 Å². The number of carbonyl (C=O) groups excluding carboxylic acids is 3. The summed E-state index contributed by atoms with van der Waals surface area (Å²) in [5, 5.41) is 2.13. The first-order chi connectivity index (χ1) is 14.5. The highest BCUT2D eigenvalue weighted by Crippen LogP contribution is 2.58. The summed E-state index contributed by atoms with van der Waals surface area (Å²) in [7, 11) is 0. The Labute approximate surface area is 181 Å². The number of imide groups is 2. The minimum Gasteiger partial charge on any atom is -0.278 e. The van der Waals surface area contributed by atoms with Crippen LogP contribution in [0.15, 0.2) is 11.4 Å². The van der Waals surface area contributed by atoms with Crippen LogP contribution in [-0.4, -0.2) is 51.3 Å². The van der Waals surface area contributed by atoms with E-state index in [2.05, 4.69) is 23.3 Å². The van der Waals surface area contributed by atoms with Crippen LogP contribution in [0, 0.1) is 17.8 Å². The fourth-order valence-corrected chi connectivity index (χ4v) is 8.59. The van der Waals surface area contributed by atoms with Gasteiger partial charge in [0.05, 0.1) is 12.2 Å². The van der Waals surface area contributed by atoms with Gasteiger partial charge in [-0.3, -0.25) is 14.5 Å². The Bertz CT molecular complexity index is 889. The Balaban J connectivity index is 1.26. The van der Waals surface area contributed by atoms with Crippen molar-refractivity contribution in [2.24, 2.45) is 17.8 Å². The summed E-state index contributed by atoms with van der Waals surface area (Å²) in [6, 6.07) is 2.00. The molecule has 160 valence electrons. The van der Waals surface area contributed by atoms with Gasteiger partial charge in [-0.1, -0.05) is 6.92 Å². The summed E-state index contributed by atoms with van der Waals surface area (Å²) in [5.74, 6) is 0.642. The summed E-state index contributed by atoms with van der Waals surface area (Å²) in [6.45, 7) is 3.18. The van der Waals surface area contributed by atoms with E-state index in [1.54, 1.807) is 11.3 Å². The summed E-state index contributed by atoms with van der Waals surface area (Å²) in [4.78, 5) is 45.8. The van der Waals surface area contributed by atoms with Gasteiger partial charge in [-0.25, -0.2) is 14.6 Å². The normalized spacial score (nSPS) is 38.1. The molecule has 4 bridgehead atoms. The van der Waals surface area contributed by atoms with Crippen molar-refractivity contribution in [2.75, 3.05) is 13.2 Å². The van der Waals surface area contributed by atoms with Crippen LogP contribution >= 0.6 is 11.3 Å². The van der Waals surface area contributed by atoms with Crippen LogP contribution in [0.1, 0.15) is 68.4 Å². The topological polar surface area (TPSA) is 60.9 Å². The Morgan fingerprint density at radius 2 is 1.70 bits per heavy atom. The number of rotatable bonds is 4. The summed E-state index contributed by atoms with van der Waals surface area (Å²) in [5.41, 5.74) is 0.914. The number of carbonyl (C=O) groups is 3. The highest BCUT2D eigenvalue weighted by Gasteiger charge is 2.61. The summed E-state index contributed by atoms with van der Waals surface area (Å²) >= 11 is 1.79. The molecule has 3 heterocycles. The highest BCUT2D eigenvalue weighted by molar-refractivity contribution is 7.10. The quantitative estimate of drug-likeness (QED) is 0.542.